The molecule has 0 heterocycles. The first-order chi connectivity index (χ1) is 21.7. The summed E-state index contributed by atoms with van der Waals surface area (Å²) in [5.41, 5.74) is 4.92. The molecule has 1 aliphatic rings. The van der Waals surface area contributed by atoms with Crippen LogP contribution < -0.4 is 24.8 Å². The molecule has 236 valence electrons. The molecule has 1 aliphatic carbocycles. The van der Waals surface area contributed by atoms with Gasteiger partial charge in [-0.3, -0.25) is 9.52 Å². The summed E-state index contributed by atoms with van der Waals surface area (Å²) in [5, 5.41) is 17.4. The first kappa shape index (κ1) is 32.0. The molecule has 45 heavy (non-hydrogen) atoms. The van der Waals surface area contributed by atoms with E-state index in [1.165, 1.54) is 5.56 Å². The molecule has 4 N–H and O–H groups in total. The Bertz CT molecular complexity index is 1680. The molecule has 0 aromatic heterocycles. The summed E-state index contributed by atoms with van der Waals surface area (Å²) in [4.78, 5) is 12.3. The molecular formula is C35H39N3O6S. The van der Waals surface area contributed by atoms with Crippen molar-refractivity contribution >= 4 is 27.3 Å². The van der Waals surface area contributed by atoms with E-state index in [1.807, 2.05) is 72.8 Å². The van der Waals surface area contributed by atoms with Crippen LogP contribution in [0.5, 0.6) is 11.5 Å². The van der Waals surface area contributed by atoms with Gasteiger partial charge in [0.15, 0.2) is 6.61 Å². The molecule has 0 radical (unpaired) electrons. The van der Waals surface area contributed by atoms with E-state index in [0.717, 1.165) is 48.8 Å². The van der Waals surface area contributed by atoms with Crippen LogP contribution in [0.25, 0.3) is 0 Å². The van der Waals surface area contributed by atoms with Gasteiger partial charge in [0.05, 0.1) is 18.0 Å². The van der Waals surface area contributed by atoms with E-state index in [1.54, 1.807) is 18.2 Å². The first-order valence-electron chi connectivity index (χ1n) is 15.0. The molecule has 2 atom stereocenters. The maximum atomic E-state index is 12.3. The number of aliphatic hydroxyl groups excluding tert-OH is 1. The molecule has 0 saturated heterocycles. The number of sulfonamides is 1. The molecule has 10 heteroatoms. The number of amides is 1. The summed E-state index contributed by atoms with van der Waals surface area (Å²) in [6.45, 7) is 0.478. The van der Waals surface area contributed by atoms with Crippen molar-refractivity contribution in [1.29, 1.82) is 0 Å². The lowest BCUT2D eigenvalue weighted by Crippen LogP contribution is -2.34. The number of nitrogens with one attached hydrogen (secondary N) is 3. The van der Waals surface area contributed by atoms with E-state index in [2.05, 4.69) is 21.4 Å². The van der Waals surface area contributed by atoms with Crippen LogP contribution in [0, 0.1) is 0 Å². The van der Waals surface area contributed by atoms with Crippen LogP contribution >= 0.6 is 0 Å². The van der Waals surface area contributed by atoms with Gasteiger partial charge in [-0.15, -0.1) is 0 Å². The fourth-order valence-corrected chi connectivity index (χ4v) is 5.92. The highest BCUT2D eigenvalue weighted by Crippen LogP contribution is 2.30. The highest BCUT2D eigenvalue weighted by atomic mass is 32.2. The average molecular weight is 630 g/mol. The second-order valence-corrected chi connectivity index (χ2v) is 13.0. The Morgan fingerprint density at radius 2 is 1.69 bits per heavy atom. The van der Waals surface area contributed by atoms with E-state index in [0.29, 0.717) is 23.6 Å². The van der Waals surface area contributed by atoms with Crippen molar-refractivity contribution in [3.05, 3.63) is 119 Å². The molecular weight excluding hydrogens is 590 g/mol. The largest absolute Gasteiger partial charge is 0.487 e. The molecule has 1 amide bonds. The molecule has 0 spiro atoms. The van der Waals surface area contributed by atoms with Crippen LogP contribution in [0.4, 0.5) is 11.4 Å². The number of rotatable bonds is 13. The lowest BCUT2D eigenvalue weighted by atomic mass is 10.0. The number of carbonyl (C=O) groups is 1. The fourth-order valence-electron chi connectivity index (χ4n) is 5.37. The Kier molecular flexibility index (Phi) is 10.7. The van der Waals surface area contributed by atoms with Gasteiger partial charge in [-0.05, 0) is 84.3 Å². The van der Waals surface area contributed by atoms with Gasteiger partial charge in [0.1, 0.15) is 18.1 Å². The van der Waals surface area contributed by atoms with Crippen LogP contribution in [0.1, 0.15) is 41.2 Å². The second kappa shape index (κ2) is 15.1. The minimum atomic E-state index is -3.57. The summed E-state index contributed by atoms with van der Waals surface area (Å²) in [6.07, 6.45) is 3.84. The third kappa shape index (κ3) is 9.81. The molecule has 0 fully saturated rings. The van der Waals surface area contributed by atoms with Crippen molar-refractivity contribution < 1.29 is 27.8 Å². The molecule has 0 bridgehead atoms. The van der Waals surface area contributed by atoms with E-state index < -0.39 is 16.1 Å². The van der Waals surface area contributed by atoms with E-state index in [9.17, 15) is 18.3 Å². The second-order valence-electron chi connectivity index (χ2n) is 11.3. The smallest absolute Gasteiger partial charge is 0.262 e. The molecule has 0 saturated carbocycles. The Hall–Kier alpha value is -4.38. The van der Waals surface area contributed by atoms with E-state index in [-0.39, 0.29) is 30.9 Å². The van der Waals surface area contributed by atoms with Crippen LogP contribution in [0.2, 0.25) is 0 Å². The molecule has 1 unspecified atom stereocenters. The molecule has 4 aromatic carbocycles. The van der Waals surface area contributed by atoms with Gasteiger partial charge in [-0.25, -0.2) is 8.42 Å². The zero-order valence-electron chi connectivity index (χ0n) is 25.2. The SMILES string of the molecule is CS(=O)(=O)Nc1cc([C@@H](O)CNC2CCCc3ccc(OCC(=O)Nc4ccccc4)cc3C2)ccc1OCc1ccccc1. The van der Waals surface area contributed by atoms with Crippen LogP contribution in [0.15, 0.2) is 97.1 Å². The number of ether oxygens (including phenoxy) is 2. The zero-order valence-corrected chi connectivity index (χ0v) is 26.1. The summed E-state index contributed by atoms with van der Waals surface area (Å²) >= 11 is 0. The minimum Gasteiger partial charge on any atom is -0.487 e. The number of carbonyl (C=O) groups excluding carboxylic acids is 1. The van der Waals surface area contributed by atoms with Gasteiger partial charge in [0.25, 0.3) is 5.91 Å². The topological polar surface area (TPSA) is 126 Å². The lowest BCUT2D eigenvalue weighted by Gasteiger charge is -2.21. The predicted molar refractivity (Wildman–Crippen MR) is 176 cm³/mol. The number of fused-ring (bicyclic) bond motifs is 1. The van der Waals surface area contributed by atoms with Gasteiger partial charge in [-0.1, -0.05) is 60.7 Å². The van der Waals surface area contributed by atoms with Gasteiger partial charge in [0, 0.05) is 18.3 Å². The maximum Gasteiger partial charge on any atom is 0.262 e. The van der Waals surface area contributed by atoms with Gasteiger partial charge in [-0.2, -0.15) is 0 Å². The number of benzene rings is 4. The summed E-state index contributed by atoms with van der Waals surface area (Å²) in [6, 6.07) is 30.0. The standard InChI is InChI=1S/C35H39N3O6S/c1-45(41,42)38-32-21-27(16-18-34(32)44-23-25-9-4-2-5-10-25)33(39)22-36-30-14-8-11-26-15-17-31(20-28(26)19-30)43-24-35(40)37-29-12-6-3-7-13-29/h2-7,9-10,12-13,15-18,20-21,30,33,36,38-39H,8,11,14,19,22-24H2,1H3,(H,37,40)/t30?,33-/m0/s1. The third-order valence-corrected chi connectivity index (χ3v) is 8.18. The third-order valence-electron chi connectivity index (χ3n) is 7.59. The lowest BCUT2D eigenvalue weighted by molar-refractivity contribution is -0.118. The van der Waals surface area contributed by atoms with E-state index in [4.69, 9.17) is 9.47 Å². The van der Waals surface area contributed by atoms with Gasteiger partial charge < -0.3 is 25.2 Å². The number of anilines is 2. The highest BCUT2D eigenvalue weighted by Gasteiger charge is 2.20. The van der Waals surface area contributed by atoms with Crippen molar-refractivity contribution in [2.45, 2.75) is 44.4 Å². The number of hydrogen-bond donors (Lipinski definition) is 4. The highest BCUT2D eigenvalue weighted by molar-refractivity contribution is 7.92. The number of aliphatic hydroxyl groups is 1. The summed E-state index contributed by atoms with van der Waals surface area (Å²) in [5.74, 6) is 0.789. The number of hydrogen-bond acceptors (Lipinski definition) is 7. The van der Waals surface area contributed by atoms with Crippen molar-refractivity contribution in [3.8, 4) is 11.5 Å². The van der Waals surface area contributed by atoms with Crippen LogP contribution in [0.3, 0.4) is 0 Å². The summed E-state index contributed by atoms with van der Waals surface area (Å²) < 4.78 is 38.4. The molecule has 4 aromatic rings. The van der Waals surface area contributed by atoms with Crippen molar-refractivity contribution in [2.24, 2.45) is 0 Å². The Balaban J connectivity index is 1.18. The minimum absolute atomic E-state index is 0.0895. The van der Waals surface area contributed by atoms with Gasteiger partial charge in [0.2, 0.25) is 10.0 Å². The predicted octanol–water partition coefficient (Wildman–Crippen LogP) is 5.23. The summed E-state index contributed by atoms with van der Waals surface area (Å²) in [7, 11) is -3.57. The Morgan fingerprint density at radius 1 is 0.933 bits per heavy atom. The van der Waals surface area contributed by atoms with Crippen LogP contribution in [-0.4, -0.2) is 44.9 Å². The number of para-hydroxylation sites is 1. The van der Waals surface area contributed by atoms with Crippen molar-refractivity contribution in [2.75, 3.05) is 29.4 Å². The molecule has 9 nitrogen and oxygen atoms in total. The quantitative estimate of drug-likeness (QED) is 0.149. The van der Waals surface area contributed by atoms with Crippen molar-refractivity contribution in [1.82, 2.24) is 5.32 Å². The normalized spacial score (nSPS) is 15.3. The Morgan fingerprint density at radius 3 is 2.44 bits per heavy atom. The zero-order chi connectivity index (χ0) is 31.6. The van der Waals surface area contributed by atoms with Crippen molar-refractivity contribution in [3.63, 3.8) is 0 Å². The van der Waals surface area contributed by atoms with Gasteiger partial charge >= 0.3 is 0 Å². The Labute approximate surface area is 264 Å². The molecule has 0 aliphatic heterocycles. The average Bonchev–Trinajstić information content (AvgIpc) is 3.24. The monoisotopic (exact) mass is 629 g/mol. The maximum absolute atomic E-state index is 12.3. The van der Waals surface area contributed by atoms with Crippen LogP contribution in [-0.2, 0) is 34.3 Å². The first-order valence-corrected chi connectivity index (χ1v) is 16.9. The molecule has 5 rings (SSSR count). The number of aryl methyl sites for hydroxylation is 1. The fraction of sp³-hybridized carbons (Fsp3) is 0.286. The van der Waals surface area contributed by atoms with E-state index >= 15 is 0 Å².